The van der Waals surface area contributed by atoms with E-state index in [9.17, 15) is 9.18 Å². The molecule has 5 heteroatoms. The smallest absolute Gasteiger partial charge is 0.314 e. The minimum atomic E-state index is -0.307. The highest BCUT2D eigenvalue weighted by atomic mass is 19.1. The summed E-state index contributed by atoms with van der Waals surface area (Å²) in [4.78, 5) is 12.3. The third-order valence-electron chi connectivity index (χ3n) is 4.92. The minimum absolute atomic E-state index is 0.00985. The van der Waals surface area contributed by atoms with Gasteiger partial charge in [0.2, 0.25) is 0 Å². The van der Waals surface area contributed by atoms with Crippen LogP contribution in [-0.4, -0.2) is 5.97 Å². The third kappa shape index (κ3) is 4.97. The predicted octanol–water partition coefficient (Wildman–Crippen LogP) is 6.36. The maximum absolute atomic E-state index is 12.9. The molecule has 3 rings (SSSR count). The van der Waals surface area contributed by atoms with Crippen LogP contribution in [0.5, 0.6) is 5.75 Å². The van der Waals surface area contributed by atoms with E-state index in [1.807, 2.05) is 0 Å². The molecule has 136 valence electrons. The van der Waals surface area contributed by atoms with Gasteiger partial charge < -0.3 is 4.74 Å². The molecule has 0 aliphatic heterocycles. The van der Waals surface area contributed by atoms with Crippen LogP contribution in [0.2, 0.25) is 0 Å². The van der Waals surface area contributed by atoms with E-state index in [-0.39, 0.29) is 17.7 Å². The molecule has 0 heterocycles. The van der Waals surface area contributed by atoms with Crippen LogP contribution < -0.4 is 4.74 Å². The number of carbonyl (C=O) groups is 1. The average Bonchev–Trinajstić information content (AvgIpc) is 2.68. The van der Waals surface area contributed by atoms with Crippen LogP contribution in [0.3, 0.4) is 0 Å². The Labute approximate surface area is 153 Å². The van der Waals surface area contributed by atoms with Crippen molar-refractivity contribution in [2.45, 2.75) is 39.0 Å². The van der Waals surface area contributed by atoms with Gasteiger partial charge in [-0.25, -0.2) is 4.39 Å². The number of hydrogen-bond acceptors (Lipinski definition) is 4. The molecule has 0 radical (unpaired) electrons. The van der Waals surface area contributed by atoms with Crippen molar-refractivity contribution in [2.24, 2.45) is 22.1 Å². The fourth-order valence-electron chi connectivity index (χ4n) is 3.21. The van der Waals surface area contributed by atoms with E-state index in [0.29, 0.717) is 17.1 Å². The van der Waals surface area contributed by atoms with Gasteiger partial charge >= 0.3 is 5.97 Å². The first kappa shape index (κ1) is 18.2. The van der Waals surface area contributed by atoms with Gasteiger partial charge in [-0.1, -0.05) is 13.3 Å². The highest BCUT2D eigenvalue weighted by Gasteiger charge is 2.26. The topological polar surface area (TPSA) is 51.0 Å². The Hall–Kier alpha value is -2.56. The van der Waals surface area contributed by atoms with E-state index in [4.69, 9.17) is 4.74 Å². The van der Waals surface area contributed by atoms with Crippen LogP contribution in [0.1, 0.15) is 39.0 Å². The van der Waals surface area contributed by atoms with E-state index in [0.717, 1.165) is 31.6 Å². The minimum Gasteiger partial charge on any atom is -0.426 e. The van der Waals surface area contributed by atoms with Crippen LogP contribution >= 0.6 is 0 Å². The predicted molar refractivity (Wildman–Crippen MR) is 98.4 cm³/mol. The van der Waals surface area contributed by atoms with Crippen LogP contribution in [0.15, 0.2) is 58.8 Å². The molecule has 1 aliphatic carbocycles. The second-order valence-electron chi connectivity index (χ2n) is 6.72. The third-order valence-corrected chi connectivity index (χ3v) is 4.92. The molecule has 0 bridgehead atoms. The molecule has 0 spiro atoms. The summed E-state index contributed by atoms with van der Waals surface area (Å²) >= 11 is 0. The molecule has 0 unspecified atom stereocenters. The fourth-order valence-corrected chi connectivity index (χ4v) is 3.21. The Morgan fingerprint density at radius 2 is 1.50 bits per heavy atom. The molecule has 4 nitrogen and oxygen atoms in total. The Balaban J connectivity index is 1.54. The fraction of sp³-hybridized carbons (Fsp3) is 0.381. The largest absolute Gasteiger partial charge is 0.426 e. The second-order valence-corrected chi connectivity index (χ2v) is 6.72. The van der Waals surface area contributed by atoms with Crippen LogP contribution in [-0.2, 0) is 4.79 Å². The number of azo groups is 1. The van der Waals surface area contributed by atoms with Crippen molar-refractivity contribution >= 4 is 17.3 Å². The molecule has 1 saturated carbocycles. The summed E-state index contributed by atoms with van der Waals surface area (Å²) in [7, 11) is 0. The maximum Gasteiger partial charge on any atom is 0.314 e. The number of carbonyl (C=O) groups excluding carboxylic acids is 1. The number of ether oxygens (including phenoxy) is 1. The molecular weight excluding hydrogens is 331 g/mol. The first-order chi connectivity index (χ1) is 12.6. The maximum atomic E-state index is 12.9. The first-order valence-corrected chi connectivity index (χ1v) is 9.13. The Morgan fingerprint density at radius 1 is 0.962 bits per heavy atom. The van der Waals surface area contributed by atoms with E-state index >= 15 is 0 Å². The normalized spacial score (nSPS) is 20.2. The molecule has 0 amide bonds. The van der Waals surface area contributed by atoms with Crippen molar-refractivity contribution < 1.29 is 13.9 Å². The van der Waals surface area contributed by atoms with E-state index < -0.39 is 0 Å². The summed E-state index contributed by atoms with van der Waals surface area (Å²) in [5.41, 5.74) is 1.21. The lowest BCUT2D eigenvalue weighted by Gasteiger charge is -2.26. The molecule has 0 atom stereocenters. The molecule has 1 fully saturated rings. The zero-order chi connectivity index (χ0) is 18.4. The van der Waals surface area contributed by atoms with Gasteiger partial charge in [0.05, 0.1) is 17.3 Å². The Morgan fingerprint density at radius 3 is 2.04 bits per heavy atom. The number of nitrogens with zero attached hydrogens (tertiary/aromatic N) is 2. The van der Waals surface area contributed by atoms with Crippen molar-refractivity contribution in [3.05, 3.63) is 54.3 Å². The molecule has 2 aromatic rings. The highest BCUT2D eigenvalue weighted by molar-refractivity contribution is 5.75. The summed E-state index contributed by atoms with van der Waals surface area (Å²) in [6.45, 7) is 2.21. The second kappa shape index (κ2) is 8.70. The summed E-state index contributed by atoms with van der Waals surface area (Å²) in [6.07, 6.45) is 5.25. The number of rotatable bonds is 5. The zero-order valence-corrected chi connectivity index (χ0v) is 14.9. The van der Waals surface area contributed by atoms with Crippen molar-refractivity contribution in [3.8, 4) is 5.75 Å². The molecule has 0 aromatic heterocycles. The lowest BCUT2D eigenvalue weighted by molar-refractivity contribution is -0.140. The summed E-state index contributed by atoms with van der Waals surface area (Å²) in [5, 5.41) is 8.14. The highest BCUT2D eigenvalue weighted by Crippen LogP contribution is 2.32. The molecule has 0 saturated heterocycles. The van der Waals surface area contributed by atoms with E-state index in [1.165, 1.54) is 18.6 Å². The van der Waals surface area contributed by atoms with Crippen LogP contribution in [0, 0.1) is 17.7 Å². The average molecular weight is 354 g/mol. The number of benzene rings is 2. The summed E-state index contributed by atoms with van der Waals surface area (Å²) in [6, 6.07) is 12.7. The van der Waals surface area contributed by atoms with E-state index in [2.05, 4.69) is 17.2 Å². The summed E-state index contributed by atoms with van der Waals surface area (Å²) < 4.78 is 18.4. The summed E-state index contributed by atoms with van der Waals surface area (Å²) in [5.74, 6) is 0.840. The Kier molecular flexibility index (Phi) is 6.10. The monoisotopic (exact) mass is 354 g/mol. The van der Waals surface area contributed by atoms with Gasteiger partial charge in [0.15, 0.2) is 0 Å². The van der Waals surface area contributed by atoms with Crippen LogP contribution in [0.4, 0.5) is 15.8 Å². The standard InChI is InChI=1S/C21H23FN2O2/c1-2-15-3-5-16(6-4-15)21(25)26-20-13-11-19(12-14-20)24-23-18-9-7-17(22)8-10-18/h7-16H,2-6H2,1H3. The van der Waals surface area contributed by atoms with Gasteiger partial charge in [-0.2, -0.15) is 10.2 Å². The molecule has 2 aromatic carbocycles. The van der Waals surface area contributed by atoms with Gasteiger partial charge in [-0.05, 0) is 80.1 Å². The van der Waals surface area contributed by atoms with Gasteiger partial charge in [-0.15, -0.1) is 0 Å². The quantitative estimate of drug-likeness (QED) is 0.356. The van der Waals surface area contributed by atoms with Crippen molar-refractivity contribution in [1.82, 2.24) is 0 Å². The molecule has 26 heavy (non-hydrogen) atoms. The van der Waals surface area contributed by atoms with Crippen LogP contribution in [0.25, 0.3) is 0 Å². The first-order valence-electron chi connectivity index (χ1n) is 9.13. The molecular formula is C21H23FN2O2. The lowest BCUT2D eigenvalue weighted by atomic mass is 9.81. The SMILES string of the molecule is CCC1CCC(C(=O)Oc2ccc(N=Nc3ccc(F)cc3)cc2)CC1. The number of hydrogen-bond donors (Lipinski definition) is 0. The van der Waals surface area contributed by atoms with E-state index in [1.54, 1.807) is 36.4 Å². The number of esters is 1. The van der Waals surface area contributed by atoms with Gasteiger partial charge in [0.25, 0.3) is 0 Å². The number of halogens is 1. The lowest BCUT2D eigenvalue weighted by Crippen LogP contribution is -2.25. The van der Waals surface area contributed by atoms with Gasteiger partial charge in [-0.3, -0.25) is 4.79 Å². The van der Waals surface area contributed by atoms with Crippen molar-refractivity contribution in [2.75, 3.05) is 0 Å². The van der Waals surface area contributed by atoms with Gasteiger partial charge in [0.1, 0.15) is 11.6 Å². The molecule has 0 N–H and O–H groups in total. The van der Waals surface area contributed by atoms with Gasteiger partial charge in [0, 0.05) is 0 Å². The Bertz CT molecular complexity index is 749. The van der Waals surface area contributed by atoms with Crippen molar-refractivity contribution in [3.63, 3.8) is 0 Å². The zero-order valence-electron chi connectivity index (χ0n) is 14.9. The molecule has 1 aliphatic rings. The van der Waals surface area contributed by atoms with Crippen molar-refractivity contribution in [1.29, 1.82) is 0 Å².